The van der Waals surface area contributed by atoms with Crippen molar-refractivity contribution < 1.29 is 14.6 Å². The molecule has 0 radical (unpaired) electrons. The summed E-state index contributed by atoms with van der Waals surface area (Å²) in [5.41, 5.74) is 2.15. The van der Waals surface area contributed by atoms with Gasteiger partial charge in [-0.1, -0.05) is 12.1 Å². The summed E-state index contributed by atoms with van der Waals surface area (Å²) in [7, 11) is 0. The molecule has 1 rings (SSSR count). The fourth-order valence-electron chi connectivity index (χ4n) is 2.17. The normalized spacial score (nSPS) is 12.0. The molecular weight excluding hydrogens is 266 g/mol. The molecule has 0 aliphatic carbocycles. The van der Waals surface area contributed by atoms with Gasteiger partial charge in [0.25, 0.3) is 5.91 Å². The molecule has 1 aromatic rings. The molecule has 0 heterocycles. The highest BCUT2D eigenvalue weighted by atomic mass is 16.5. The lowest BCUT2D eigenvalue weighted by Gasteiger charge is -2.25. The van der Waals surface area contributed by atoms with E-state index in [-0.39, 0.29) is 12.5 Å². The first-order chi connectivity index (χ1) is 9.99. The van der Waals surface area contributed by atoms with Crippen molar-refractivity contribution in [3.63, 3.8) is 0 Å². The fourth-order valence-corrected chi connectivity index (χ4v) is 2.17. The monoisotopic (exact) mass is 293 g/mol. The quantitative estimate of drug-likeness (QED) is 0.750. The predicted octanol–water partition coefficient (Wildman–Crippen LogP) is 2.69. The highest BCUT2D eigenvalue weighted by molar-refractivity contribution is 5.80. The first-order valence-electron chi connectivity index (χ1n) is 7.63. The van der Waals surface area contributed by atoms with Crippen LogP contribution in [-0.2, 0) is 4.79 Å². The Bertz CT molecular complexity index is 459. The highest BCUT2D eigenvalue weighted by Crippen LogP contribution is 2.21. The van der Waals surface area contributed by atoms with Crippen LogP contribution < -0.4 is 4.74 Å². The zero-order valence-corrected chi connectivity index (χ0v) is 13.6. The second kappa shape index (κ2) is 8.67. The van der Waals surface area contributed by atoms with Crippen molar-refractivity contribution in [3.8, 4) is 5.75 Å². The molecule has 0 bridgehead atoms. The number of rotatable bonds is 8. The largest absolute Gasteiger partial charge is 0.481 e. The summed E-state index contributed by atoms with van der Waals surface area (Å²) in [6.07, 6.45) is 1.03. The standard InChI is InChI=1S/C17H27NO3/c1-5-18(10-6-7-11-19)17(20)15(4)21-16-12-13(2)8-9-14(16)3/h8-9,12,15,19H,5-7,10-11H2,1-4H3/t15-/m1/s1. The maximum Gasteiger partial charge on any atom is 0.263 e. The van der Waals surface area contributed by atoms with Gasteiger partial charge < -0.3 is 14.7 Å². The minimum absolute atomic E-state index is 0.00338. The van der Waals surface area contributed by atoms with Crippen molar-refractivity contribution in [2.45, 2.75) is 46.6 Å². The number of hydrogen-bond donors (Lipinski definition) is 1. The molecule has 1 atom stereocenters. The van der Waals surface area contributed by atoms with Gasteiger partial charge >= 0.3 is 0 Å². The van der Waals surface area contributed by atoms with Gasteiger partial charge in [0.15, 0.2) is 6.10 Å². The van der Waals surface area contributed by atoms with Crippen molar-refractivity contribution in [1.29, 1.82) is 0 Å². The maximum absolute atomic E-state index is 12.4. The van der Waals surface area contributed by atoms with Crippen LogP contribution in [-0.4, -0.2) is 41.7 Å². The molecule has 1 N–H and O–H groups in total. The number of aryl methyl sites for hydroxylation is 2. The number of benzene rings is 1. The molecule has 1 aromatic carbocycles. The molecule has 0 fully saturated rings. The van der Waals surface area contributed by atoms with Crippen LogP contribution in [0, 0.1) is 13.8 Å². The Hall–Kier alpha value is -1.55. The number of amides is 1. The molecule has 0 aliphatic rings. The summed E-state index contributed by atoms with van der Waals surface area (Å²) >= 11 is 0. The van der Waals surface area contributed by atoms with E-state index in [1.807, 2.05) is 39.0 Å². The lowest BCUT2D eigenvalue weighted by atomic mass is 10.1. The van der Waals surface area contributed by atoms with Gasteiger partial charge in [0.05, 0.1) is 0 Å². The summed E-state index contributed by atoms with van der Waals surface area (Å²) in [4.78, 5) is 14.2. The average molecular weight is 293 g/mol. The number of hydrogen-bond acceptors (Lipinski definition) is 3. The lowest BCUT2D eigenvalue weighted by molar-refractivity contribution is -0.137. The molecular formula is C17H27NO3. The van der Waals surface area contributed by atoms with Crippen molar-refractivity contribution in [1.82, 2.24) is 4.90 Å². The number of carbonyl (C=O) groups excluding carboxylic acids is 1. The number of carbonyl (C=O) groups is 1. The lowest BCUT2D eigenvalue weighted by Crippen LogP contribution is -2.41. The van der Waals surface area contributed by atoms with E-state index >= 15 is 0 Å². The van der Waals surface area contributed by atoms with Gasteiger partial charge in [-0.05, 0) is 57.7 Å². The third-order valence-electron chi connectivity index (χ3n) is 3.52. The summed E-state index contributed by atoms with van der Waals surface area (Å²) in [5.74, 6) is 0.763. The van der Waals surface area contributed by atoms with Crippen LogP contribution >= 0.6 is 0 Å². The van der Waals surface area contributed by atoms with E-state index < -0.39 is 6.10 Å². The molecule has 0 aliphatic heterocycles. The molecule has 118 valence electrons. The molecule has 0 saturated carbocycles. The third kappa shape index (κ3) is 5.38. The number of aliphatic hydroxyl groups is 1. The Labute approximate surface area is 127 Å². The molecule has 4 heteroatoms. The zero-order valence-electron chi connectivity index (χ0n) is 13.6. The second-order valence-corrected chi connectivity index (χ2v) is 5.38. The van der Waals surface area contributed by atoms with Gasteiger partial charge in [0.1, 0.15) is 5.75 Å². The number of likely N-dealkylation sites (N-methyl/N-ethyl adjacent to an activating group) is 1. The zero-order chi connectivity index (χ0) is 15.8. The van der Waals surface area contributed by atoms with E-state index in [0.717, 1.165) is 29.7 Å². The van der Waals surface area contributed by atoms with E-state index in [0.29, 0.717) is 13.1 Å². The minimum Gasteiger partial charge on any atom is -0.481 e. The predicted molar refractivity (Wildman–Crippen MR) is 84.6 cm³/mol. The molecule has 21 heavy (non-hydrogen) atoms. The molecule has 0 spiro atoms. The summed E-state index contributed by atoms with van der Waals surface area (Å²) in [6.45, 7) is 9.22. The van der Waals surface area contributed by atoms with Crippen molar-refractivity contribution >= 4 is 5.91 Å². The smallest absolute Gasteiger partial charge is 0.263 e. The van der Waals surface area contributed by atoms with Gasteiger partial charge in [-0.3, -0.25) is 4.79 Å². The van der Waals surface area contributed by atoms with E-state index in [1.54, 1.807) is 11.8 Å². The van der Waals surface area contributed by atoms with Crippen molar-refractivity contribution in [2.24, 2.45) is 0 Å². The first kappa shape index (κ1) is 17.5. The molecule has 0 aromatic heterocycles. The Morgan fingerprint density at radius 2 is 2.05 bits per heavy atom. The first-order valence-corrected chi connectivity index (χ1v) is 7.63. The van der Waals surface area contributed by atoms with Crippen molar-refractivity contribution in [2.75, 3.05) is 19.7 Å². The Kier molecular flexibility index (Phi) is 7.23. The minimum atomic E-state index is -0.500. The Balaban J connectivity index is 2.65. The molecule has 0 unspecified atom stereocenters. The van der Waals surface area contributed by atoms with E-state index in [9.17, 15) is 4.79 Å². The van der Waals surface area contributed by atoms with Gasteiger partial charge in [-0.2, -0.15) is 0 Å². The average Bonchev–Trinajstić information content (AvgIpc) is 2.47. The Morgan fingerprint density at radius 1 is 1.33 bits per heavy atom. The van der Waals surface area contributed by atoms with Crippen LogP contribution in [0.15, 0.2) is 18.2 Å². The number of aliphatic hydroxyl groups excluding tert-OH is 1. The summed E-state index contributed by atoms with van der Waals surface area (Å²) in [5, 5.41) is 8.82. The fraction of sp³-hybridized carbons (Fsp3) is 0.588. The van der Waals surface area contributed by atoms with Crippen LogP contribution in [0.3, 0.4) is 0 Å². The van der Waals surface area contributed by atoms with Gasteiger partial charge in [0, 0.05) is 19.7 Å². The summed E-state index contributed by atoms with van der Waals surface area (Å²) in [6, 6.07) is 5.99. The highest BCUT2D eigenvalue weighted by Gasteiger charge is 2.21. The van der Waals surface area contributed by atoms with Gasteiger partial charge in [-0.25, -0.2) is 0 Å². The molecule has 1 amide bonds. The van der Waals surface area contributed by atoms with E-state index in [2.05, 4.69) is 0 Å². The van der Waals surface area contributed by atoms with Gasteiger partial charge in [-0.15, -0.1) is 0 Å². The Morgan fingerprint density at radius 3 is 2.67 bits per heavy atom. The number of unbranched alkanes of at least 4 members (excludes halogenated alkanes) is 1. The van der Waals surface area contributed by atoms with Crippen LogP contribution in [0.1, 0.15) is 37.8 Å². The molecule has 4 nitrogen and oxygen atoms in total. The van der Waals surface area contributed by atoms with Gasteiger partial charge in [0.2, 0.25) is 0 Å². The van der Waals surface area contributed by atoms with Crippen LogP contribution in [0.25, 0.3) is 0 Å². The second-order valence-electron chi connectivity index (χ2n) is 5.38. The topological polar surface area (TPSA) is 49.8 Å². The van der Waals surface area contributed by atoms with Crippen LogP contribution in [0.5, 0.6) is 5.75 Å². The van der Waals surface area contributed by atoms with Crippen LogP contribution in [0.2, 0.25) is 0 Å². The van der Waals surface area contributed by atoms with E-state index in [4.69, 9.17) is 9.84 Å². The SMILES string of the molecule is CCN(CCCCO)C(=O)[C@@H](C)Oc1cc(C)ccc1C. The van der Waals surface area contributed by atoms with Crippen molar-refractivity contribution in [3.05, 3.63) is 29.3 Å². The van der Waals surface area contributed by atoms with E-state index in [1.165, 1.54) is 0 Å². The third-order valence-corrected chi connectivity index (χ3v) is 3.52. The number of ether oxygens (including phenoxy) is 1. The molecule has 0 saturated heterocycles. The maximum atomic E-state index is 12.4. The number of nitrogens with zero attached hydrogens (tertiary/aromatic N) is 1. The van der Waals surface area contributed by atoms with Crippen LogP contribution in [0.4, 0.5) is 0 Å². The summed E-state index contributed by atoms with van der Waals surface area (Å²) < 4.78 is 5.84.